The summed E-state index contributed by atoms with van der Waals surface area (Å²) in [5, 5.41) is 54.5. The minimum Gasteiger partial charge on any atom is -0.478 e. The molecule has 0 aliphatic carbocycles. The van der Waals surface area contributed by atoms with Gasteiger partial charge in [-0.2, -0.15) is 5.48 Å². The molecule has 0 saturated carbocycles. The minimum absolute atomic E-state index is 0.0427. The zero-order valence-electron chi connectivity index (χ0n) is 22.6. The minimum atomic E-state index is -1.53. The Morgan fingerprint density at radius 3 is 1.87 bits per heavy atom. The van der Waals surface area contributed by atoms with Crippen LogP contribution < -0.4 is 10.8 Å². The summed E-state index contributed by atoms with van der Waals surface area (Å²) in [7, 11) is 0. The second kappa shape index (κ2) is 13.5. The molecule has 1 unspecified atom stereocenters. The van der Waals surface area contributed by atoms with Crippen LogP contribution in [-0.2, 0) is 6.42 Å². The zero-order valence-corrected chi connectivity index (χ0v) is 24.1. The molecule has 0 aromatic heterocycles. The fraction of sp³-hybridized carbons (Fsp3) is 0.0690. The Morgan fingerprint density at radius 1 is 0.778 bits per heavy atom. The first kappa shape index (κ1) is 32.5. The second-order valence-corrected chi connectivity index (χ2v) is 10.2. The maximum Gasteiger partial charge on any atom is 0.336 e. The van der Waals surface area contributed by atoms with Crippen LogP contribution in [-0.4, -0.2) is 43.1 Å². The molecule has 45 heavy (non-hydrogen) atoms. The van der Waals surface area contributed by atoms with Gasteiger partial charge in [-0.25, -0.2) is 9.59 Å². The van der Waals surface area contributed by atoms with Crippen LogP contribution >= 0.6 is 23.2 Å². The number of hydroxylamine groups is 1. The summed E-state index contributed by atoms with van der Waals surface area (Å²) in [6.45, 7) is 0. The van der Waals surface area contributed by atoms with Gasteiger partial charge < -0.3 is 20.7 Å². The zero-order chi connectivity index (χ0) is 33.0. The highest BCUT2D eigenvalue weighted by Crippen LogP contribution is 2.37. The summed E-state index contributed by atoms with van der Waals surface area (Å²) in [6.07, 6.45) is 0.240. The maximum atomic E-state index is 12.9. The van der Waals surface area contributed by atoms with Gasteiger partial charge in [-0.15, -0.1) is 0 Å². The number of nitrogens with zero attached hydrogens (tertiary/aromatic N) is 2. The van der Waals surface area contributed by atoms with Crippen molar-refractivity contribution in [2.24, 2.45) is 0 Å². The third kappa shape index (κ3) is 6.89. The molecule has 16 heteroatoms. The highest BCUT2D eigenvalue weighted by atomic mass is 35.5. The first-order chi connectivity index (χ1) is 21.3. The Balaban J connectivity index is 1.60. The molecule has 0 bridgehead atoms. The van der Waals surface area contributed by atoms with E-state index in [2.05, 4.69) is 5.32 Å². The number of carbonyl (C=O) groups excluding carboxylic acids is 1. The molecule has 0 spiro atoms. The van der Waals surface area contributed by atoms with Crippen LogP contribution in [0, 0.1) is 20.2 Å². The van der Waals surface area contributed by atoms with Crippen LogP contribution in [0.15, 0.2) is 72.8 Å². The van der Waals surface area contributed by atoms with Gasteiger partial charge in [-0.3, -0.25) is 25.0 Å². The van der Waals surface area contributed by atoms with Gasteiger partial charge in [-0.1, -0.05) is 53.5 Å². The molecule has 230 valence electrons. The summed E-state index contributed by atoms with van der Waals surface area (Å²) < 4.78 is 0. The lowest BCUT2D eigenvalue weighted by Gasteiger charge is -2.20. The van der Waals surface area contributed by atoms with E-state index in [-0.39, 0.29) is 33.3 Å². The van der Waals surface area contributed by atoms with Gasteiger partial charge in [-0.05, 0) is 53.4 Å². The largest absolute Gasteiger partial charge is 0.478 e. The number of carbonyl (C=O) groups is 3. The van der Waals surface area contributed by atoms with Gasteiger partial charge in [0.25, 0.3) is 17.3 Å². The van der Waals surface area contributed by atoms with Crippen molar-refractivity contribution >= 4 is 58.1 Å². The van der Waals surface area contributed by atoms with Gasteiger partial charge in [0, 0.05) is 17.2 Å². The molecule has 0 saturated heterocycles. The summed E-state index contributed by atoms with van der Waals surface area (Å²) in [5.74, 6) is -4.02. The quantitative estimate of drug-likeness (QED) is 0.0915. The Labute approximate surface area is 262 Å². The number of anilines is 1. The van der Waals surface area contributed by atoms with E-state index in [1.807, 2.05) is 5.48 Å². The molecule has 1 amide bonds. The van der Waals surface area contributed by atoms with E-state index in [0.29, 0.717) is 11.1 Å². The molecule has 5 N–H and O–H groups in total. The molecule has 0 radical (unpaired) electrons. The summed E-state index contributed by atoms with van der Waals surface area (Å²) in [6, 6.07) is 14.5. The van der Waals surface area contributed by atoms with Crippen LogP contribution in [0.5, 0.6) is 0 Å². The summed E-state index contributed by atoms with van der Waals surface area (Å²) in [4.78, 5) is 57.7. The smallest absolute Gasteiger partial charge is 0.336 e. The lowest BCUT2D eigenvalue weighted by molar-refractivity contribution is -0.385. The summed E-state index contributed by atoms with van der Waals surface area (Å²) in [5.41, 5.74) is 0.255. The van der Waals surface area contributed by atoms with E-state index in [1.165, 1.54) is 36.4 Å². The number of rotatable bonds is 11. The first-order valence-corrected chi connectivity index (χ1v) is 13.4. The molecule has 4 aromatic rings. The van der Waals surface area contributed by atoms with Crippen LogP contribution in [0.4, 0.5) is 17.1 Å². The Bertz CT molecular complexity index is 1820. The predicted octanol–water partition coefficient (Wildman–Crippen LogP) is 6.12. The second-order valence-electron chi connectivity index (χ2n) is 9.43. The number of amides is 1. The van der Waals surface area contributed by atoms with Crippen molar-refractivity contribution in [1.82, 2.24) is 5.48 Å². The summed E-state index contributed by atoms with van der Waals surface area (Å²) >= 11 is 12.9. The molecule has 4 rings (SSSR count). The van der Waals surface area contributed by atoms with Crippen LogP contribution in [0.3, 0.4) is 0 Å². The third-order valence-corrected chi connectivity index (χ3v) is 7.33. The SMILES string of the molecule is O=C(O)c1cccc([N+](=O)[O-])c1C(=O)Nc1ccc(Cc2ccc(C(NO)c3c(C(=O)O)cccc3[N+](=O)[O-])c(Cl)c2)cc1Cl. The lowest BCUT2D eigenvalue weighted by atomic mass is 9.92. The number of benzene rings is 4. The average molecular weight is 655 g/mol. The van der Waals surface area contributed by atoms with E-state index < -0.39 is 61.8 Å². The molecule has 0 aliphatic rings. The molecule has 0 fully saturated rings. The van der Waals surface area contributed by atoms with Gasteiger partial charge in [0.05, 0.1) is 43.3 Å². The average Bonchev–Trinajstić information content (AvgIpc) is 2.99. The van der Waals surface area contributed by atoms with E-state index in [9.17, 15) is 50.0 Å². The number of nitro groups is 2. The van der Waals surface area contributed by atoms with Crippen molar-refractivity contribution in [3.05, 3.63) is 142 Å². The highest BCUT2D eigenvalue weighted by molar-refractivity contribution is 6.34. The Morgan fingerprint density at radius 2 is 1.33 bits per heavy atom. The molecular weight excluding hydrogens is 635 g/mol. The molecule has 14 nitrogen and oxygen atoms in total. The fourth-order valence-electron chi connectivity index (χ4n) is 4.71. The van der Waals surface area contributed by atoms with Crippen molar-refractivity contribution < 1.29 is 39.7 Å². The van der Waals surface area contributed by atoms with Gasteiger partial charge in [0.1, 0.15) is 5.56 Å². The highest BCUT2D eigenvalue weighted by Gasteiger charge is 2.31. The molecule has 0 heterocycles. The van der Waals surface area contributed by atoms with Crippen molar-refractivity contribution in [2.75, 3.05) is 5.32 Å². The number of aromatic carboxylic acids is 2. The van der Waals surface area contributed by atoms with E-state index in [1.54, 1.807) is 12.1 Å². The number of nitrogens with one attached hydrogen (secondary N) is 2. The lowest BCUT2D eigenvalue weighted by Crippen LogP contribution is -2.23. The molecule has 4 aromatic carbocycles. The van der Waals surface area contributed by atoms with Crippen molar-refractivity contribution in [1.29, 1.82) is 0 Å². The van der Waals surface area contributed by atoms with Crippen LogP contribution in [0.25, 0.3) is 0 Å². The number of halogens is 2. The molecule has 1 atom stereocenters. The third-order valence-electron chi connectivity index (χ3n) is 6.69. The number of nitro benzene ring substituents is 2. The number of carboxylic acid groups (broad SMARTS) is 2. The van der Waals surface area contributed by atoms with Crippen LogP contribution in [0.2, 0.25) is 10.0 Å². The Kier molecular flexibility index (Phi) is 9.74. The number of hydrogen-bond acceptors (Lipinski definition) is 9. The topological polar surface area (TPSA) is 222 Å². The van der Waals surface area contributed by atoms with Gasteiger partial charge in [0.2, 0.25) is 0 Å². The van der Waals surface area contributed by atoms with E-state index in [4.69, 9.17) is 23.2 Å². The van der Waals surface area contributed by atoms with Crippen LogP contribution in [0.1, 0.15) is 59.4 Å². The monoisotopic (exact) mass is 654 g/mol. The van der Waals surface area contributed by atoms with E-state index in [0.717, 1.165) is 24.3 Å². The maximum absolute atomic E-state index is 12.9. The van der Waals surface area contributed by atoms with Gasteiger partial charge >= 0.3 is 11.9 Å². The molecule has 0 aliphatic heterocycles. The number of carboxylic acids is 2. The molecular formula is C29H20Cl2N4O10. The first-order valence-electron chi connectivity index (χ1n) is 12.6. The van der Waals surface area contributed by atoms with Crippen molar-refractivity contribution in [3.63, 3.8) is 0 Å². The Hall–Kier alpha value is -5.41. The van der Waals surface area contributed by atoms with Crippen molar-refractivity contribution in [2.45, 2.75) is 12.5 Å². The standard InChI is InChI=1S/C29H20Cl2N4O10/c30-19-12-14(7-9-16(19)26(33-41)24-17(28(37)38)3-1-5-22(24)34(42)43)11-15-8-10-21(20(31)13-15)32-27(36)25-18(29(39)40)4-2-6-23(25)35(44)45/h1-10,12-13,26,33,41H,11H2,(H,32,36)(H,37,38)(H,39,40). The normalized spacial score (nSPS) is 11.4. The van der Waals surface area contributed by atoms with E-state index >= 15 is 0 Å². The fourth-order valence-corrected chi connectivity index (χ4v) is 5.27. The predicted molar refractivity (Wildman–Crippen MR) is 161 cm³/mol. The number of hydrogen-bond donors (Lipinski definition) is 5. The van der Waals surface area contributed by atoms with Crippen molar-refractivity contribution in [3.8, 4) is 0 Å². The van der Waals surface area contributed by atoms with Gasteiger partial charge in [0.15, 0.2) is 0 Å².